The Morgan fingerprint density at radius 1 is 1.09 bits per heavy atom. The number of anilines is 4. The molecule has 5 rings (SSSR count). The van der Waals surface area contributed by atoms with E-state index in [-0.39, 0.29) is 17.8 Å². The molecule has 1 amide bonds. The molecular formula is C24H32N6O4. The molecule has 2 aromatic rings. The Labute approximate surface area is 198 Å². The van der Waals surface area contributed by atoms with E-state index < -0.39 is 11.7 Å². The molecule has 0 bridgehead atoms. The second-order valence-corrected chi connectivity index (χ2v) is 9.23. The Balaban J connectivity index is 1.25. The van der Waals surface area contributed by atoms with Gasteiger partial charge in [0.15, 0.2) is 17.3 Å². The summed E-state index contributed by atoms with van der Waals surface area (Å²) < 4.78 is 11.6. The van der Waals surface area contributed by atoms with Crippen molar-refractivity contribution in [3.63, 3.8) is 0 Å². The van der Waals surface area contributed by atoms with Crippen LogP contribution in [0.3, 0.4) is 0 Å². The fourth-order valence-electron chi connectivity index (χ4n) is 4.94. The maximum absolute atomic E-state index is 11.9. The zero-order valence-electron chi connectivity index (χ0n) is 19.2. The van der Waals surface area contributed by atoms with Gasteiger partial charge in [-0.2, -0.15) is 0 Å². The average molecular weight is 469 g/mol. The molecule has 1 aliphatic carbocycles. The van der Waals surface area contributed by atoms with E-state index in [0.29, 0.717) is 24.8 Å². The second kappa shape index (κ2) is 9.73. The largest absolute Gasteiger partial charge is 0.393 e. The van der Waals surface area contributed by atoms with Crippen molar-refractivity contribution in [1.29, 1.82) is 0 Å². The number of hydrogen-bond donors (Lipinski definition) is 4. The van der Waals surface area contributed by atoms with Crippen molar-refractivity contribution in [3.05, 3.63) is 36.2 Å². The molecule has 10 nitrogen and oxygen atoms in total. The molecule has 3 fully saturated rings. The quantitative estimate of drug-likeness (QED) is 0.504. The smallest absolute Gasteiger partial charge is 0.271 e. The van der Waals surface area contributed by atoms with Crippen LogP contribution in [0.4, 0.5) is 23.0 Å². The van der Waals surface area contributed by atoms with Gasteiger partial charge < -0.3 is 35.8 Å². The van der Waals surface area contributed by atoms with Gasteiger partial charge in [0.25, 0.3) is 5.91 Å². The molecule has 2 saturated heterocycles. The summed E-state index contributed by atoms with van der Waals surface area (Å²) >= 11 is 0. The van der Waals surface area contributed by atoms with Crippen molar-refractivity contribution in [2.75, 3.05) is 41.8 Å². The van der Waals surface area contributed by atoms with E-state index in [0.717, 1.165) is 63.0 Å². The third-order valence-corrected chi connectivity index (χ3v) is 6.89. The van der Waals surface area contributed by atoms with Crippen LogP contribution in [0.5, 0.6) is 0 Å². The normalized spacial score (nSPS) is 24.2. The summed E-state index contributed by atoms with van der Waals surface area (Å²) in [5.74, 6) is -0.142. The predicted octanol–water partition coefficient (Wildman–Crippen LogP) is 2.38. The van der Waals surface area contributed by atoms with Gasteiger partial charge in [-0.3, -0.25) is 4.79 Å². The van der Waals surface area contributed by atoms with Crippen LogP contribution in [-0.4, -0.2) is 65.2 Å². The summed E-state index contributed by atoms with van der Waals surface area (Å²) in [6.45, 7) is 3.10. The lowest BCUT2D eigenvalue weighted by atomic mass is 9.93. The molecule has 3 heterocycles. The Bertz CT molecular complexity index is 993. The van der Waals surface area contributed by atoms with Gasteiger partial charge in [0.1, 0.15) is 5.82 Å². The van der Waals surface area contributed by atoms with Crippen LogP contribution in [0, 0.1) is 0 Å². The number of piperidine rings is 1. The van der Waals surface area contributed by atoms with Gasteiger partial charge in [0.05, 0.1) is 25.5 Å². The first-order chi connectivity index (χ1) is 16.5. The number of rotatable bonds is 6. The van der Waals surface area contributed by atoms with E-state index in [1.807, 2.05) is 24.3 Å². The van der Waals surface area contributed by atoms with Crippen LogP contribution in [0.25, 0.3) is 0 Å². The first kappa shape index (κ1) is 22.8. The van der Waals surface area contributed by atoms with Crippen LogP contribution < -0.4 is 21.3 Å². The zero-order valence-corrected chi connectivity index (χ0v) is 19.2. The maximum Gasteiger partial charge on any atom is 0.271 e. The highest BCUT2D eigenvalue weighted by molar-refractivity contribution is 5.96. The number of aliphatic hydroxyl groups excluding tert-OH is 1. The van der Waals surface area contributed by atoms with Crippen molar-refractivity contribution < 1.29 is 19.4 Å². The van der Waals surface area contributed by atoms with E-state index >= 15 is 0 Å². The van der Waals surface area contributed by atoms with E-state index in [1.165, 1.54) is 6.20 Å². The Morgan fingerprint density at radius 3 is 2.41 bits per heavy atom. The van der Waals surface area contributed by atoms with E-state index in [1.54, 1.807) is 0 Å². The number of nitrogens with zero attached hydrogens (tertiary/aromatic N) is 3. The van der Waals surface area contributed by atoms with Gasteiger partial charge in [0, 0.05) is 43.3 Å². The molecule has 0 atom stereocenters. The van der Waals surface area contributed by atoms with E-state index in [4.69, 9.17) is 15.2 Å². The van der Waals surface area contributed by atoms with Gasteiger partial charge in [-0.05, 0) is 49.9 Å². The number of hydrogen-bond acceptors (Lipinski definition) is 9. The molecular weight excluding hydrogens is 436 g/mol. The number of aliphatic hydroxyl groups is 1. The minimum absolute atomic E-state index is 0.0894. The minimum atomic E-state index is -0.641. The Morgan fingerprint density at radius 2 is 1.76 bits per heavy atom. The van der Waals surface area contributed by atoms with Crippen molar-refractivity contribution in [2.24, 2.45) is 5.73 Å². The highest BCUT2D eigenvalue weighted by Gasteiger charge is 2.39. The Kier molecular flexibility index (Phi) is 6.53. The maximum atomic E-state index is 11.9. The SMILES string of the molecule is NC(=O)c1ncc(NC2CCC(O)CC2)nc1Nc1ccc(N2CCC3(CC2)OCCO3)cc1. The summed E-state index contributed by atoms with van der Waals surface area (Å²) in [5, 5.41) is 16.3. The Hall–Kier alpha value is -2.95. The van der Waals surface area contributed by atoms with Crippen molar-refractivity contribution in [1.82, 2.24) is 9.97 Å². The standard InChI is InChI=1S/C24H32N6O4/c25-22(32)21-23(29-20(15-26-21)27-16-3-7-19(31)8-4-16)28-17-1-5-18(6-2-17)30-11-9-24(10-12-30)33-13-14-34-24/h1-2,5-6,15-16,19,31H,3-4,7-14H2,(H2,25,32)(H2,27,28,29). The summed E-state index contributed by atoms with van der Waals surface area (Å²) in [6, 6.07) is 8.22. The van der Waals surface area contributed by atoms with E-state index in [2.05, 4.69) is 25.5 Å². The van der Waals surface area contributed by atoms with Gasteiger partial charge in [0.2, 0.25) is 0 Å². The summed E-state index contributed by atoms with van der Waals surface area (Å²) in [4.78, 5) is 23.0. The van der Waals surface area contributed by atoms with Gasteiger partial charge >= 0.3 is 0 Å². The molecule has 0 unspecified atom stereocenters. The monoisotopic (exact) mass is 468 g/mol. The molecule has 0 radical (unpaired) electrons. The zero-order chi connectivity index (χ0) is 23.5. The minimum Gasteiger partial charge on any atom is -0.393 e. The lowest BCUT2D eigenvalue weighted by Gasteiger charge is -2.38. The highest BCUT2D eigenvalue weighted by Crippen LogP contribution is 2.33. The van der Waals surface area contributed by atoms with Crippen molar-refractivity contribution in [3.8, 4) is 0 Å². The number of aromatic nitrogens is 2. The van der Waals surface area contributed by atoms with Crippen LogP contribution in [-0.2, 0) is 9.47 Å². The summed E-state index contributed by atoms with van der Waals surface area (Å²) in [6.07, 6.45) is 6.26. The number of nitrogens with one attached hydrogen (secondary N) is 2. The lowest BCUT2D eigenvalue weighted by molar-refractivity contribution is -0.169. The molecule has 5 N–H and O–H groups in total. The summed E-state index contributed by atoms with van der Waals surface area (Å²) in [5.41, 5.74) is 7.53. The molecule has 182 valence electrons. The lowest BCUT2D eigenvalue weighted by Crippen LogP contribution is -2.45. The number of benzene rings is 1. The number of amides is 1. The molecule has 10 heteroatoms. The fraction of sp³-hybridized carbons (Fsp3) is 0.542. The molecule has 1 aromatic heterocycles. The number of carbonyl (C=O) groups is 1. The first-order valence-corrected chi connectivity index (χ1v) is 12.0. The average Bonchev–Trinajstić information content (AvgIpc) is 3.29. The molecule has 1 aromatic carbocycles. The van der Waals surface area contributed by atoms with Crippen LogP contribution in [0.15, 0.2) is 30.5 Å². The van der Waals surface area contributed by atoms with Crippen LogP contribution in [0.2, 0.25) is 0 Å². The molecule has 1 saturated carbocycles. The number of carbonyl (C=O) groups excluding carboxylic acids is 1. The fourth-order valence-corrected chi connectivity index (χ4v) is 4.94. The number of primary amides is 1. The molecule has 1 spiro atoms. The van der Waals surface area contributed by atoms with Gasteiger partial charge in [-0.1, -0.05) is 0 Å². The molecule has 2 aliphatic heterocycles. The third kappa shape index (κ3) is 5.08. The third-order valence-electron chi connectivity index (χ3n) is 6.89. The predicted molar refractivity (Wildman–Crippen MR) is 128 cm³/mol. The van der Waals surface area contributed by atoms with Gasteiger partial charge in [-0.15, -0.1) is 0 Å². The van der Waals surface area contributed by atoms with E-state index in [9.17, 15) is 9.90 Å². The van der Waals surface area contributed by atoms with Crippen molar-refractivity contribution in [2.45, 2.75) is 56.5 Å². The molecule has 3 aliphatic rings. The van der Waals surface area contributed by atoms with Gasteiger partial charge in [-0.25, -0.2) is 9.97 Å². The van der Waals surface area contributed by atoms with Crippen LogP contribution in [0.1, 0.15) is 49.0 Å². The topological polar surface area (TPSA) is 135 Å². The first-order valence-electron chi connectivity index (χ1n) is 12.0. The number of ether oxygens (including phenoxy) is 2. The second-order valence-electron chi connectivity index (χ2n) is 9.23. The molecule has 34 heavy (non-hydrogen) atoms. The van der Waals surface area contributed by atoms with Crippen LogP contribution >= 0.6 is 0 Å². The number of nitrogens with two attached hydrogens (primary N) is 1. The highest BCUT2D eigenvalue weighted by atomic mass is 16.7. The van der Waals surface area contributed by atoms with Crippen molar-refractivity contribution >= 4 is 28.9 Å². The summed E-state index contributed by atoms with van der Waals surface area (Å²) in [7, 11) is 0.